The third-order valence-corrected chi connectivity index (χ3v) is 5.17. The van der Waals surface area contributed by atoms with E-state index in [9.17, 15) is 9.18 Å². The van der Waals surface area contributed by atoms with Crippen molar-refractivity contribution >= 4 is 17.4 Å². The van der Waals surface area contributed by atoms with Crippen LogP contribution in [0.25, 0.3) is 0 Å². The molecule has 1 atom stereocenters. The Hall–Kier alpha value is -3.41. The molecule has 3 aromatic rings. The van der Waals surface area contributed by atoms with Gasteiger partial charge in [-0.15, -0.1) is 0 Å². The summed E-state index contributed by atoms with van der Waals surface area (Å²) < 4.78 is 19.5. The molecule has 30 heavy (non-hydrogen) atoms. The maximum Gasteiger partial charge on any atom is 0.259 e. The molecule has 0 spiro atoms. The molecule has 2 aromatic carbocycles. The number of aryl methyl sites for hydroxylation is 1. The van der Waals surface area contributed by atoms with Crippen molar-refractivity contribution < 1.29 is 13.9 Å². The molecule has 3 rings (SSSR count). The number of amides is 1. The van der Waals surface area contributed by atoms with E-state index < -0.39 is 11.9 Å². The minimum atomic E-state index is -0.683. The third kappa shape index (κ3) is 4.76. The number of nitrogens with two attached hydrogens (primary N) is 1. The topological polar surface area (TPSA) is 77.2 Å². The van der Waals surface area contributed by atoms with Crippen molar-refractivity contribution in [1.29, 1.82) is 0 Å². The SMILES string of the molecule is Cc1cc(C(=O)Nc2ccc(Oc3ccccc3C(C)C(C)C)cc2)c(N)nc1F. The lowest BCUT2D eigenvalue weighted by Crippen LogP contribution is -2.16. The van der Waals surface area contributed by atoms with Crippen LogP contribution in [0.3, 0.4) is 0 Å². The molecule has 0 saturated carbocycles. The number of ether oxygens (including phenoxy) is 1. The van der Waals surface area contributed by atoms with Gasteiger partial charge in [0.1, 0.15) is 17.3 Å². The van der Waals surface area contributed by atoms with E-state index in [2.05, 4.69) is 37.1 Å². The summed E-state index contributed by atoms with van der Waals surface area (Å²) in [5, 5.41) is 2.74. The van der Waals surface area contributed by atoms with Crippen molar-refractivity contribution in [2.75, 3.05) is 11.1 Å². The highest BCUT2D eigenvalue weighted by molar-refractivity contribution is 6.07. The van der Waals surface area contributed by atoms with E-state index in [1.54, 1.807) is 24.3 Å². The lowest BCUT2D eigenvalue weighted by Gasteiger charge is -2.19. The zero-order valence-electron chi connectivity index (χ0n) is 17.6. The van der Waals surface area contributed by atoms with Gasteiger partial charge >= 0.3 is 0 Å². The summed E-state index contributed by atoms with van der Waals surface area (Å²) in [6, 6.07) is 16.4. The predicted octanol–water partition coefficient (Wildman–Crippen LogP) is 5.92. The van der Waals surface area contributed by atoms with Gasteiger partial charge in [0.05, 0.1) is 5.56 Å². The van der Waals surface area contributed by atoms with Crippen LogP contribution in [0.4, 0.5) is 15.9 Å². The Morgan fingerprint density at radius 2 is 1.77 bits per heavy atom. The number of carbonyl (C=O) groups excluding carboxylic acids is 1. The molecule has 156 valence electrons. The molecule has 0 radical (unpaired) electrons. The highest BCUT2D eigenvalue weighted by atomic mass is 19.1. The monoisotopic (exact) mass is 407 g/mol. The number of carbonyl (C=O) groups is 1. The van der Waals surface area contributed by atoms with Crippen LogP contribution in [0.5, 0.6) is 11.5 Å². The molecule has 0 aliphatic heterocycles. The van der Waals surface area contributed by atoms with Crippen LogP contribution >= 0.6 is 0 Å². The summed E-state index contributed by atoms with van der Waals surface area (Å²) >= 11 is 0. The number of pyridine rings is 1. The first-order valence-corrected chi connectivity index (χ1v) is 9.87. The van der Waals surface area contributed by atoms with Gasteiger partial charge < -0.3 is 15.8 Å². The fourth-order valence-corrected chi connectivity index (χ4v) is 3.03. The first kappa shape index (κ1) is 21.3. The lowest BCUT2D eigenvalue weighted by atomic mass is 9.90. The van der Waals surface area contributed by atoms with Crippen molar-refractivity contribution in [3.05, 3.63) is 77.2 Å². The number of benzene rings is 2. The average Bonchev–Trinajstić information content (AvgIpc) is 2.72. The quantitative estimate of drug-likeness (QED) is 0.498. The van der Waals surface area contributed by atoms with Gasteiger partial charge in [0, 0.05) is 11.3 Å². The van der Waals surface area contributed by atoms with Crippen molar-refractivity contribution in [3.63, 3.8) is 0 Å². The number of nitrogens with one attached hydrogen (secondary N) is 1. The molecule has 0 saturated heterocycles. The van der Waals surface area contributed by atoms with Crippen molar-refractivity contribution in [1.82, 2.24) is 4.98 Å². The highest BCUT2D eigenvalue weighted by Crippen LogP contribution is 2.34. The number of rotatable bonds is 6. The highest BCUT2D eigenvalue weighted by Gasteiger charge is 2.16. The van der Waals surface area contributed by atoms with Gasteiger partial charge in [-0.1, -0.05) is 39.0 Å². The van der Waals surface area contributed by atoms with Gasteiger partial charge in [-0.2, -0.15) is 4.39 Å². The van der Waals surface area contributed by atoms with Gasteiger partial charge in [0.25, 0.3) is 5.91 Å². The molecule has 1 heterocycles. The van der Waals surface area contributed by atoms with Crippen LogP contribution in [0.2, 0.25) is 0 Å². The average molecular weight is 407 g/mol. The lowest BCUT2D eigenvalue weighted by molar-refractivity contribution is 0.102. The van der Waals surface area contributed by atoms with E-state index in [0.717, 1.165) is 11.3 Å². The van der Waals surface area contributed by atoms with E-state index in [0.29, 0.717) is 23.3 Å². The van der Waals surface area contributed by atoms with Crippen molar-refractivity contribution in [3.8, 4) is 11.5 Å². The van der Waals surface area contributed by atoms with Gasteiger partial charge in [-0.05, 0) is 60.7 Å². The van der Waals surface area contributed by atoms with E-state index in [1.165, 1.54) is 13.0 Å². The number of hydrogen-bond acceptors (Lipinski definition) is 4. The Morgan fingerprint density at radius 1 is 1.10 bits per heavy atom. The first-order chi connectivity index (χ1) is 14.3. The van der Waals surface area contributed by atoms with Gasteiger partial charge in [0.15, 0.2) is 0 Å². The summed E-state index contributed by atoms with van der Waals surface area (Å²) in [6.07, 6.45) is 0. The molecule has 1 amide bonds. The smallest absolute Gasteiger partial charge is 0.259 e. The Labute approximate surface area is 176 Å². The molecule has 0 fully saturated rings. The normalized spacial score (nSPS) is 11.9. The van der Waals surface area contributed by atoms with Crippen LogP contribution in [0.1, 0.15) is 48.2 Å². The molecule has 0 aliphatic rings. The molecule has 0 bridgehead atoms. The fraction of sp³-hybridized carbons (Fsp3) is 0.250. The molecule has 5 nitrogen and oxygen atoms in total. The number of hydrogen-bond donors (Lipinski definition) is 2. The second-order valence-electron chi connectivity index (χ2n) is 7.68. The Kier molecular flexibility index (Phi) is 6.35. The second-order valence-corrected chi connectivity index (χ2v) is 7.68. The third-order valence-electron chi connectivity index (χ3n) is 5.17. The predicted molar refractivity (Wildman–Crippen MR) is 118 cm³/mol. The Balaban J connectivity index is 1.74. The van der Waals surface area contributed by atoms with Crippen LogP contribution in [-0.2, 0) is 0 Å². The minimum absolute atomic E-state index is 0.130. The van der Waals surface area contributed by atoms with Gasteiger partial charge in [-0.3, -0.25) is 4.79 Å². The van der Waals surface area contributed by atoms with Crippen molar-refractivity contribution in [2.24, 2.45) is 5.92 Å². The zero-order chi connectivity index (χ0) is 21.8. The number of nitrogens with zero attached hydrogens (tertiary/aromatic N) is 1. The maximum absolute atomic E-state index is 13.5. The van der Waals surface area contributed by atoms with E-state index in [4.69, 9.17) is 10.5 Å². The standard InChI is InChI=1S/C24H26FN3O2/c1-14(2)16(4)19-7-5-6-8-21(19)30-18-11-9-17(10-12-18)27-24(29)20-13-15(3)22(25)28-23(20)26/h5-14,16H,1-4H3,(H2,26,28)(H,27,29). The molecular weight excluding hydrogens is 381 g/mol. The van der Waals surface area contributed by atoms with Gasteiger partial charge in [0.2, 0.25) is 5.95 Å². The van der Waals surface area contributed by atoms with Crippen LogP contribution in [0, 0.1) is 18.8 Å². The molecule has 0 aliphatic carbocycles. The fourth-order valence-electron chi connectivity index (χ4n) is 3.03. The molecule has 6 heteroatoms. The summed E-state index contributed by atoms with van der Waals surface area (Å²) in [6.45, 7) is 8.08. The Bertz CT molecular complexity index is 1050. The van der Waals surface area contributed by atoms with E-state index in [-0.39, 0.29) is 16.9 Å². The number of nitrogen functional groups attached to an aromatic ring is 1. The van der Waals surface area contributed by atoms with Crippen LogP contribution in [0.15, 0.2) is 54.6 Å². The molecular formula is C24H26FN3O2. The number of anilines is 2. The maximum atomic E-state index is 13.5. The van der Waals surface area contributed by atoms with Crippen LogP contribution < -0.4 is 15.8 Å². The summed E-state index contributed by atoms with van der Waals surface area (Å²) in [7, 11) is 0. The molecule has 1 unspecified atom stereocenters. The molecule has 3 N–H and O–H groups in total. The largest absolute Gasteiger partial charge is 0.457 e. The Morgan fingerprint density at radius 3 is 2.43 bits per heavy atom. The molecule has 1 aromatic heterocycles. The zero-order valence-corrected chi connectivity index (χ0v) is 17.6. The number of aromatic nitrogens is 1. The van der Waals surface area contributed by atoms with E-state index in [1.807, 2.05) is 18.2 Å². The minimum Gasteiger partial charge on any atom is -0.457 e. The van der Waals surface area contributed by atoms with Crippen LogP contribution in [-0.4, -0.2) is 10.9 Å². The summed E-state index contributed by atoms with van der Waals surface area (Å²) in [4.78, 5) is 16.0. The number of halogens is 1. The summed E-state index contributed by atoms with van der Waals surface area (Å²) in [5.74, 6) is 1.05. The van der Waals surface area contributed by atoms with Gasteiger partial charge in [-0.25, -0.2) is 4.98 Å². The van der Waals surface area contributed by atoms with Crippen molar-refractivity contribution in [2.45, 2.75) is 33.6 Å². The second kappa shape index (κ2) is 8.95. The number of para-hydroxylation sites is 1. The first-order valence-electron chi connectivity index (χ1n) is 9.87. The summed E-state index contributed by atoms with van der Waals surface area (Å²) in [5.41, 5.74) is 7.79. The van der Waals surface area contributed by atoms with E-state index >= 15 is 0 Å².